The molecule has 0 saturated carbocycles. The minimum atomic E-state index is 0.804. The van der Waals surface area contributed by atoms with E-state index in [9.17, 15) is 0 Å². The third-order valence-corrected chi connectivity index (χ3v) is 2.57. The molecule has 0 bridgehead atoms. The summed E-state index contributed by atoms with van der Waals surface area (Å²) in [6, 6.07) is 0. The average Bonchev–Trinajstić information content (AvgIpc) is 2.35. The molecule has 0 spiro atoms. The molecule has 0 rings (SSSR count). The lowest BCUT2D eigenvalue weighted by atomic mass is 9.97. The topological polar surface area (TPSA) is 12.4 Å². The normalized spacial score (nSPS) is 13.1. The Kier molecular flexibility index (Phi) is 9.02. The third-order valence-electron chi connectivity index (χ3n) is 2.57. The van der Waals surface area contributed by atoms with Gasteiger partial charge in [-0.1, -0.05) is 48.6 Å². The highest BCUT2D eigenvalue weighted by Crippen LogP contribution is 2.20. The van der Waals surface area contributed by atoms with Crippen LogP contribution >= 0.6 is 0 Å². The van der Waals surface area contributed by atoms with Crippen LogP contribution in [0, 0.1) is 0 Å². The van der Waals surface area contributed by atoms with Gasteiger partial charge in [-0.05, 0) is 58.3 Å². The zero-order valence-electron chi connectivity index (χ0n) is 13.5. The Morgan fingerprint density at radius 2 is 1.70 bits per heavy atom. The van der Waals surface area contributed by atoms with E-state index < -0.39 is 0 Å². The zero-order valence-corrected chi connectivity index (χ0v) is 13.5. The van der Waals surface area contributed by atoms with E-state index in [0.29, 0.717) is 0 Å². The highest BCUT2D eigenvalue weighted by molar-refractivity contribution is 5.93. The number of nitrogens with zero attached hydrogens (tertiary/aromatic N) is 1. The molecule has 0 radical (unpaired) electrons. The molecule has 0 saturated heterocycles. The summed E-state index contributed by atoms with van der Waals surface area (Å²) in [6.45, 7) is 18.3. The van der Waals surface area contributed by atoms with Crippen LogP contribution in [0.3, 0.4) is 0 Å². The highest BCUT2D eigenvalue weighted by Gasteiger charge is 2.01. The first-order valence-corrected chi connectivity index (χ1v) is 6.89. The third kappa shape index (κ3) is 8.25. The van der Waals surface area contributed by atoms with Gasteiger partial charge in [-0.25, -0.2) is 0 Å². The Hall–Kier alpha value is -1.89. The van der Waals surface area contributed by atoms with Gasteiger partial charge in [0, 0.05) is 11.9 Å². The van der Waals surface area contributed by atoms with Crippen molar-refractivity contribution in [2.45, 2.75) is 41.0 Å². The summed E-state index contributed by atoms with van der Waals surface area (Å²) in [4.78, 5) is 4.26. The van der Waals surface area contributed by atoms with E-state index >= 15 is 0 Å². The molecule has 0 fully saturated rings. The Balaban J connectivity index is 4.81. The maximum Gasteiger partial charge on any atom is 0.0369 e. The van der Waals surface area contributed by atoms with Gasteiger partial charge in [0.05, 0.1) is 0 Å². The van der Waals surface area contributed by atoms with Gasteiger partial charge in [-0.2, -0.15) is 0 Å². The van der Waals surface area contributed by atoms with Crippen molar-refractivity contribution < 1.29 is 0 Å². The van der Waals surface area contributed by atoms with Crippen molar-refractivity contribution in [3.8, 4) is 0 Å². The summed E-state index contributed by atoms with van der Waals surface area (Å²) in [5.41, 5.74) is 5.49. The van der Waals surface area contributed by atoms with Crippen molar-refractivity contribution in [2.75, 3.05) is 0 Å². The fraction of sp³-hybridized carbons (Fsp3) is 0.316. The van der Waals surface area contributed by atoms with Gasteiger partial charge < -0.3 is 0 Å². The van der Waals surface area contributed by atoms with E-state index in [2.05, 4.69) is 50.2 Å². The quantitative estimate of drug-likeness (QED) is 0.400. The van der Waals surface area contributed by atoms with Gasteiger partial charge in [0.2, 0.25) is 0 Å². The standard InChI is InChI=1S/C19H27N/c1-8-14-20-18(7)11-9-10-17(6)19(16(4)5)13-12-15(2)3/h8-9,11-14H,4,6,10H2,1-3,5,7H3/b11-9-,14-8-,19-13-,20-18-. The molecule has 0 atom stereocenters. The Labute approximate surface area is 124 Å². The van der Waals surface area contributed by atoms with E-state index in [0.717, 1.165) is 28.9 Å². The number of rotatable bonds is 7. The van der Waals surface area contributed by atoms with E-state index in [1.807, 2.05) is 32.9 Å². The Morgan fingerprint density at radius 1 is 1.05 bits per heavy atom. The summed E-state index contributed by atoms with van der Waals surface area (Å²) in [5, 5.41) is 0. The molecular weight excluding hydrogens is 242 g/mol. The lowest BCUT2D eigenvalue weighted by Crippen LogP contribution is -1.90. The second-order valence-electron chi connectivity index (χ2n) is 5.07. The predicted octanol–water partition coefficient (Wildman–Crippen LogP) is 5.95. The predicted molar refractivity (Wildman–Crippen MR) is 93.1 cm³/mol. The molecule has 0 aliphatic rings. The van der Waals surface area contributed by atoms with Gasteiger partial charge in [0.25, 0.3) is 0 Å². The van der Waals surface area contributed by atoms with Gasteiger partial charge in [0.15, 0.2) is 0 Å². The summed E-state index contributed by atoms with van der Waals surface area (Å²) >= 11 is 0. The van der Waals surface area contributed by atoms with Gasteiger partial charge in [0.1, 0.15) is 0 Å². The molecule has 1 nitrogen and oxygen atoms in total. The van der Waals surface area contributed by atoms with Crippen LogP contribution in [0.4, 0.5) is 0 Å². The van der Waals surface area contributed by atoms with Crippen molar-refractivity contribution in [3.05, 3.63) is 72.0 Å². The molecule has 0 N–H and O–H groups in total. The van der Waals surface area contributed by atoms with E-state index in [1.54, 1.807) is 6.20 Å². The zero-order chi connectivity index (χ0) is 15.5. The summed E-state index contributed by atoms with van der Waals surface area (Å²) < 4.78 is 0. The molecule has 0 heterocycles. The average molecular weight is 269 g/mol. The van der Waals surface area contributed by atoms with Crippen LogP contribution in [-0.4, -0.2) is 5.71 Å². The van der Waals surface area contributed by atoms with Crippen molar-refractivity contribution in [3.63, 3.8) is 0 Å². The smallest absolute Gasteiger partial charge is 0.0369 e. The molecule has 0 aromatic heterocycles. The largest absolute Gasteiger partial charge is 0.262 e. The second kappa shape index (κ2) is 9.96. The molecule has 0 amide bonds. The van der Waals surface area contributed by atoms with Gasteiger partial charge in [-0.15, -0.1) is 0 Å². The van der Waals surface area contributed by atoms with Crippen molar-refractivity contribution >= 4 is 5.71 Å². The molecule has 0 aliphatic heterocycles. The molecule has 1 heteroatoms. The second-order valence-corrected chi connectivity index (χ2v) is 5.07. The van der Waals surface area contributed by atoms with Crippen LogP contribution in [0.25, 0.3) is 0 Å². The minimum Gasteiger partial charge on any atom is -0.262 e. The monoisotopic (exact) mass is 269 g/mol. The first-order chi connectivity index (χ1) is 9.38. The first-order valence-electron chi connectivity index (χ1n) is 6.89. The maximum absolute atomic E-state index is 4.26. The molecule has 0 unspecified atom stereocenters. The summed E-state index contributed by atoms with van der Waals surface area (Å²) in [7, 11) is 0. The van der Waals surface area contributed by atoms with Crippen molar-refractivity contribution in [2.24, 2.45) is 4.99 Å². The molecule has 108 valence electrons. The number of hydrogen-bond donors (Lipinski definition) is 0. The Morgan fingerprint density at radius 3 is 2.20 bits per heavy atom. The highest BCUT2D eigenvalue weighted by atomic mass is 14.7. The van der Waals surface area contributed by atoms with Crippen LogP contribution in [0.1, 0.15) is 41.0 Å². The van der Waals surface area contributed by atoms with Gasteiger partial charge in [-0.3, -0.25) is 4.99 Å². The van der Waals surface area contributed by atoms with E-state index in [1.165, 1.54) is 5.57 Å². The maximum atomic E-state index is 4.26. The van der Waals surface area contributed by atoms with E-state index in [-0.39, 0.29) is 0 Å². The van der Waals surface area contributed by atoms with Crippen molar-refractivity contribution in [1.82, 2.24) is 0 Å². The molecular formula is C19H27N. The minimum absolute atomic E-state index is 0.804. The fourth-order valence-corrected chi connectivity index (χ4v) is 1.53. The lowest BCUT2D eigenvalue weighted by molar-refractivity contribution is 1.22. The Bertz CT molecular complexity index is 490. The van der Waals surface area contributed by atoms with Crippen LogP contribution in [0.2, 0.25) is 0 Å². The lowest BCUT2D eigenvalue weighted by Gasteiger charge is -2.08. The van der Waals surface area contributed by atoms with Crippen LogP contribution in [0.15, 0.2) is 77.0 Å². The van der Waals surface area contributed by atoms with Crippen LogP contribution < -0.4 is 0 Å². The summed E-state index contributed by atoms with van der Waals surface area (Å²) in [5.74, 6) is 0. The first kappa shape index (κ1) is 18.1. The van der Waals surface area contributed by atoms with Crippen LogP contribution in [-0.2, 0) is 0 Å². The van der Waals surface area contributed by atoms with E-state index in [4.69, 9.17) is 0 Å². The van der Waals surface area contributed by atoms with Crippen molar-refractivity contribution in [1.29, 1.82) is 0 Å². The molecule has 0 aliphatic carbocycles. The number of aliphatic imine (C=N–C) groups is 1. The SMILES string of the molecule is C=C(C)/C(=C/C=C(C)C)C(=C)C\C=C/C(C)=N\C=C/C. The number of hydrogen-bond acceptors (Lipinski definition) is 1. The molecule has 0 aromatic rings. The number of allylic oxidation sites excluding steroid dienone is 9. The van der Waals surface area contributed by atoms with Crippen LogP contribution in [0.5, 0.6) is 0 Å². The fourth-order valence-electron chi connectivity index (χ4n) is 1.53. The molecule has 20 heavy (non-hydrogen) atoms. The molecule has 0 aromatic carbocycles. The van der Waals surface area contributed by atoms with Gasteiger partial charge >= 0.3 is 0 Å². The summed E-state index contributed by atoms with van der Waals surface area (Å²) in [6.07, 6.45) is 12.8.